The number of rotatable bonds is 4. The molecule has 0 radical (unpaired) electrons. The molecule has 4 aromatic rings. The van der Waals surface area contributed by atoms with Crippen LogP contribution >= 0.6 is 11.6 Å². The summed E-state index contributed by atoms with van der Waals surface area (Å²) in [5, 5.41) is 29.1. The van der Waals surface area contributed by atoms with Gasteiger partial charge < -0.3 is 15.3 Å². The smallest absolute Gasteiger partial charge is 0.146 e. The van der Waals surface area contributed by atoms with Gasteiger partial charge in [0.2, 0.25) is 0 Å². The Morgan fingerprint density at radius 2 is 1.21 bits per heavy atom. The van der Waals surface area contributed by atoms with E-state index in [1.54, 1.807) is 60.7 Å². The van der Waals surface area contributed by atoms with Crippen LogP contribution in [0.2, 0.25) is 5.15 Å². The molecule has 0 saturated heterocycles. The van der Waals surface area contributed by atoms with E-state index in [0.717, 1.165) is 16.8 Å². The predicted molar refractivity (Wildman–Crippen MR) is 108 cm³/mol. The Kier molecular flexibility index (Phi) is 4.67. The maximum Gasteiger partial charge on any atom is 0.146 e. The van der Waals surface area contributed by atoms with Gasteiger partial charge in [-0.1, -0.05) is 23.7 Å². The van der Waals surface area contributed by atoms with Crippen LogP contribution in [0, 0.1) is 0 Å². The van der Waals surface area contributed by atoms with Crippen LogP contribution in [0.4, 0.5) is 0 Å². The van der Waals surface area contributed by atoms with Crippen LogP contribution in [0.1, 0.15) is 11.3 Å². The third kappa shape index (κ3) is 3.52. The zero-order valence-electron chi connectivity index (χ0n) is 14.7. The first kappa shape index (κ1) is 17.9. The Bertz CT molecular complexity index is 1100. The summed E-state index contributed by atoms with van der Waals surface area (Å²) in [5.74, 6) is 1.16. The molecule has 1 heterocycles. The van der Waals surface area contributed by atoms with Crippen LogP contribution in [0.25, 0.3) is 17.1 Å². The Morgan fingerprint density at radius 3 is 1.79 bits per heavy atom. The third-order valence-electron chi connectivity index (χ3n) is 4.43. The second-order valence-corrected chi connectivity index (χ2v) is 6.77. The van der Waals surface area contributed by atoms with Crippen LogP contribution in [-0.4, -0.2) is 24.9 Å². The molecule has 1 aromatic heterocycles. The standard InChI is InChI=1S/C22H17ClN2O3/c23-21-20(13-14-1-7-17(26)8-2-14)24-22(15-3-9-18(27)10-4-15)25(21)16-5-11-19(28)12-6-16/h1-12,26-28H,13H2. The molecule has 3 aromatic carbocycles. The summed E-state index contributed by atoms with van der Waals surface area (Å²) < 4.78 is 1.81. The first-order valence-electron chi connectivity index (χ1n) is 8.65. The van der Waals surface area contributed by atoms with Gasteiger partial charge in [-0.15, -0.1) is 0 Å². The monoisotopic (exact) mass is 392 g/mol. The molecule has 0 aliphatic carbocycles. The van der Waals surface area contributed by atoms with E-state index in [0.29, 0.717) is 23.1 Å². The van der Waals surface area contributed by atoms with Gasteiger partial charge >= 0.3 is 0 Å². The first-order chi connectivity index (χ1) is 13.5. The van der Waals surface area contributed by atoms with Crippen LogP contribution in [0.5, 0.6) is 17.2 Å². The number of halogens is 1. The van der Waals surface area contributed by atoms with Crippen molar-refractivity contribution in [2.24, 2.45) is 0 Å². The van der Waals surface area contributed by atoms with E-state index >= 15 is 0 Å². The van der Waals surface area contributed by atoms with Crippen molar-refractivity contribution in [3.8, 4) is 34.3 Å². The summed E-state index contributed by atoms with van der Waals surface area (Å²) >= 11 is 6.71. The van der Waals surface area contributed by atoms with E-state index < -0.39 is 0 Å². The van der Waals surface area contributed by atoms with Crippen LogP contribution in [0.15, 0.2) is 72.8 Å². The predicted octanol–water partition coefficient (Wildman–Crippen LogP) is 4.90. The second kappa shape index (κ2) is 7.29. The van der Waals surface area contributed by atoms with Crippen LogP contribution < -0.4 is 0 Å². The van der Waals surface area contributed by atoms with Crippen LogP contribution in [-0.2, 0) is 6.42 Å². The quantitative estimate of drug-likeness (QED) is 0.461. The molecule has 6 heteroatoms. The van der Waals surface area contributed by atoms with Gasteiger partial charge in [0.25, 0.3) is 0 Å². The van der Waals surface area contributed by atoms with Crippen molar-refractivity contribution in [2.45, 2.75) is 6.42 Å². The summed E-state index contributed by atoms with van der Waals surface area (Å²) in [7, 11) is 0. The lowest BCUT2D eigenvalue weighted by Gasteiger charge is -2.10. The minimum atomic E-state index is 0.162. The Morgan fingerprint density at radius 1 is 0.714 bits per heavy atom. The minimum absolute atomic E-state index is 0.162. The molecule has 4 rings (SSSR count). The highest BCUT2D eigenvalue weighted by atomic mass is 35.5. The van der Waals surface area contributed by atoms with Gasteiger partial charge in [-0.25, -0.2) is 4.98 Å². The molecule has 0 amide bonds. The molecule has 0 bridgehead atoms. The first-order valence-corrected chi connectivity index (χ1v) is 9.03. The lowest BCUT2D eigenvalue weighted by Crippen LogP contribution is -1.97. The largest absolute Gasteiger partial charge is 0.508 e. The fourth-order valence-electron chi connectivity index (χ4n) is 3.01. The summed E-state index contributed by atoms with van der Waals surface area (Å²) in [5.41, 5.74) is 3.20. The number of phenolic OH excluding ortho intramolecular Hbond substituents is 3. The maximum atomic E-state index is 9.61. The van der Waals surface area contributed by atoms with Crippen molar-refractivity contribution in [3.63, 3.8) is 0 Å². The summed E-state index contributed by atoms with van der Waals surface area (Å²) in [4.78, 5) is 4.75. The highest BCUT2D eigenvalue weighted by molar-refractivity contribution is 6.30. The van der Waals surface area contributed by atoms with E-state index in [1.807, 2.05) is 16.7 Å². The van der Waals surface area contributed by atoms with Crippen molar-refractivity contribution in [1.82, 2.24) is 9.55 Å². The molecule has 3 N–H and O–H groups in total. The number of aromatic nitrogens is 2. The Hall–Kier alpha value is -3.44. The number of phenols is 3. The number of aromatic hydroxyl groups is 3. The molecule has 5 nitrogen and oxygen atoms in total. The van der Waals surface area contributed by atoms with Gasteiger partial charge in [-0.2, -0.15) is 0 Å². The van der Waals surface area contributed by atoms with Crippen LogP contribution in [0.3, 0.4) is 0 Å². The molecule has 0 saturated carbocycles. The average molecular weight is 393 g/mol. The van der Waals surface area contributed by atoms with E-state index in [1.165, 1.54) is 0 Å². The van der Waals surface area contributed by atoms with Gasteiger partial charge in [0, 0.05) is 17.7 Å². The number of hydrogen-bond donors (Lipinski definition) is 3. The van der Waals surface area contributed by atoms with Gasteiger partial charge in [-0.3, -0.25) is 4.57 Å². The second-order valence-electron chi connectivity index (χ2n) is 6.41. The van der Waals surface area contributed by atoms with E-state index in [-0.39, 0.29) is 17.2 Å². The fraction of sp³-hybridized carbons (Fsp3) is 0.0455. The lowest BCUT2D eigenvalue weighted by atomic mass is 10.1. The molecular formula is C22H17ClN2O3. The van der Waals surface area contributed by atoms with Crippen molar-refractivity contribution in [3.05, 3.63) is 89.2 Å². The fourth-order valence-corrected chi connectivity index (χ4v) is 3.29. The summed E-state index contributed by atoms with van der Waals surface area (Å²) in [6, 6.07) is 20.3. The van der Waals surface area contributed by atoms with Crippen molar-refractivity contribution < 1.29 is 15.3 Å². The van der Waals surface area contributed by atoms with Gasteiger partial charge in [0.1, 0.15) is 28.2 Å². The maximum absolute atomic E-state index is 9.61. The Balaban J connectivity index is 1.84. The highest BCUT2D eigenvalue weighted by Gasteiger charge is 2.19. The van der Waals surface area contributed by atoms with Crippen molar-refractivity contribution in [2.75, 3.05) is 0 Å². The molecule has 140 valence electrons. The molecule has 0 fully saturated rings. The lowest BCUT2D eigenvalue weighted by molar-refractivity contribution is 0.474. The molecular weight excluding hydrogens is 376 g/mol. The average Bonchev–Trinajstić information content (AvgIpc) is 3.01. The SMILES string of the molecule is Oc1ccc(Cc2nc(-c3ccc(O)cc3)n(-c3ccc(O)cc3)c2Cl)cc1. The normalized spacial score (nSPS) is 10.9. The van der Waals surface area contributed by atoms with Gasteiger partial charge in [0.05, 0.1) is 5.69 Å². The van der Waals surface area contributed by atoms with E-state index in [4.69, 9.17) is 16.6 Å². The third-order valence-corrected chi connectivity index (χ3v) is 4.82. The molecule has 0 aliphatic rings. The molecule has 28 heavy (non-hydrogen) atoms. The molecule has 0 aliphatic heterocycles. The number of imidazole rings is 1. The summed E-state index contributed by atoms with van der Waals surface area (Å²) in [6.45, 7) is 0. The number of benzene rings is 3. The zero-order valence-corrected chi connectivity index (χ0v) is 15.5. The zero-order chi connectivity index (χ0) is 19.7. The van der Waals surface area contributed by atoms with E-state index in [9.17, 15) is 15.3 Å². The Labute approximate surface area is 166 Å². The minimum Gasteiger partial charge on any atom is -0.508 e. The van der Waals surface area contributed by atoms with Crippen molar-refractivity contribution in [1.29, 1.82) is 0 Å². The number of nitrogens with zero attached hydrogens (tertiary/aromatic N) is 2. The summed E-state index contributed by atoms with van der Waals surface area (Å²) in [6.07, 6.45) is 0.495. The molecule has 0 atom stereocenters. The van der Waals surface area contributed by atoms with Gasteiger partial charge in [0.15, 0.2) is 0 Å². The van der Waals surface area contributed by atoms with Crippen molar-refractivity contribution >= 4 is 11.6 Å². The number of hydrogen-bond acceptors (Lipinski definition) is 4. The molecule has 0 spiro atoms. The van der Waals surface area contributed by atoms with E-state index in [2.05, 4.69) is 0 Å². The molecule has 0 unspecified atom stereocenters. The highest BCUT2D eigenvalue weighted by Crippen LogP contribution is 2.32. The van der Waals surface area contributed by atoms with Gasteiger partial charge in [-0.05, 0) is 66.2 Å². The topological polar surface area (TPSA) is 78.5 Å².